The van der Waals surface area contributed by atoms with E-state index in [4.69, 9.17) is 17.4 Å². The van der Waals surface area contributed by atoms with E-state index in [2.05, 4.69) is 5.32 Å². The first-order valence-electron chi connectivity index (χ1n) is 6.59. The number of nitrogens with one attached hydrogen (secondary N) is 2. The van der Waals surface area contributed by atoms with Crippen LogP contribution in [0.15, 0.2) is 35.2 Å². The minimum atomic E-state index is -3.89. The fourth-order valence-corrected chi connectivity index (χ4v) is 2.52. The number of hydrogen-bond acceptors (Lipinski definition) is 4. The summed E-state index contributed by atoms with van der Waals surface area (Å²) in [4.78, 5) is 11.7. The van der Waals surface area contributed by atoms with Crippen molar-refractivity contribution in [2.45, 2.75) is 4.90 Å². The molecule has 0 atom stereocenters. The van der Waals surface area contributed by atoms with Crippen LogP contribution in [0.4, 0.5) is 23.2 Å². The van der Waals surface area contributed by atoms with Gasteiger partial charge in [-0.3, -0.25) is 10.1 Å². The van der Waals surface area contributed by atoms with Crippen molar-refractivity contribution < 1.29 is 30.8 Å². The summed E-state index contributed by atoms with van der Waals surface area (Å²) in [6.45, 7) is 0. The maximum atomic E-state index is 13.6. The van der Waals surface area contributed by atoms with Crippen molar-refractivity contribution in [2.24, 2.45) is 5.14 Å². The SMILES string of the molecule is NS(=O)(=O)c1ccc(NC(=S)NC(=O)c2cc(F)c(F)c(F)c2F)cc1. The van der Waals surface area contributed by atoms with E-state index in [1.807, 2.05) is 5.32 Å². The second-order valence-corrected chi connectivity index (χ2v) is 6.80. The normalized spacial score (nSPS) is 11.1. The number of primary sulfonamides is 1. The molecule has 0 aliphatic carbocycles. The van der Waals surface area contributed by atoms with Crippen molar-refractivity contribution >= 4 is 38.9 Å². The van der Waals surface area contributed by atoms with E-state index in [1.54, 1.807) is 0 Å². The van der Waals surface area contributed by atoms with Crippen LogP contribution in [0.5, 0.6) is 0 Å². The van der Waals surface area contributed by atoms with E-state index >= 15 is 0 Å². The van der Waals surface area contributed by atoms with Crippen LogP contribution in [0.3, 0.4) is 0 Å². The second kappa shape index (κ2) is 7.35. The first-order chi connectivity index (χ1) is 12.0. The molecule has 12 heteroatoms. The van der Waals surface area contributed by atoms with Crippen molar-refractivity contribution in [3.8, 4) is 0 Å². The molecule has 2 aromatic rings. The Bertz CT molecular complexity index is 995. The summed E-state index contributed by atoms with van der Waals surface area (Å²) in [5.74, 6) is -9.12. The van der Waals surface area contributed by atoms with Gasteiger partial charge in [-0.25, -0.2) is 31.1 Å². The number of hydrogen-bond donors (Lipinski definition) is 3. The molecule has 0 heterocycles. The van der Waals surface area contributed by atoms with Gasteiger partial charge in [0.15, 0.2) is 28.4 Å². The molecule has 2 aromatic carbocycles. The summed E-state index contributed by atoms with van der Waals surface area (Å²) in [7, 11) is -3.89. The highest BCUT2D eigenvalue weighted by Gasteiger charge is 2.23. The fourth-order valence-electron chi connectivity index (χ4n) is 1.80. The monoisotopic (exact) mass is 407 g/mol. The Hall–Kier alpha value is -2.57. The second-order valence-electron chi connectivity index (χ2n) is 4.83. The smallest absolute Gasteiger partial charge is 0.260 e. The van der Waals surface area contributed by atoms with Crippen molar-refractivity contribution in [3.63, 3.8) is 0 Å². The van der Waals surface area contributed by atoms with Gasteiger partial charge in [0.1, 0.15) is 0 Å². The van der Waals surface area contributed by atoms with Gasteiger partial charge < -0.3 is 5.32 Å². The van der Waals surface area contributed by atoms with Crippen LogP contribution in [0.1, 0.15) is 10.4 Å². The minimum Gasteiger partial charge on any atom is -0.332 e. The van der Waals surface area contributed by atoms with Gasteiger partial charge >= 0.3 is 0 Å². The fraction of sp³-hybridized carbons (Fsp3) is 0. The van der Waals surface area contributed by atoms with E-state index < -0.39 is 44.8 Å². The van der Waals surface area contributed by atoms with Crippen LogP contribution in [0.2, 0.25) is 0 Å². The number of nitrogens with two attached hydrogens (primary N) is 1. The largest absolute Gasteiger partial charge is 0.332 e. The summed E-state index contributed by atoms with van der Waals surface area (Å²) >= 11 is 4.78. The Morgan fingerprint density at radius 3 is 2.12 bits per heavy atom. The lowest BCUT2D eigenvalue weighted by atomic mass is 10.1. The molecule has 0 saturated heterocycles. The summed E-state index contributed by atoms with van der Waals surface area (Å²) < 4.78 is 75.0. The Labute approximate surface area is 150 Å². The van der Waals surface area contributed by atoms with Crippen LogP contribution in [-0.4, -0.2) is 19.4 Å². The average molecular weight is 407 g/mol. The lowest BCUT2D eigenvalue weighted by molar-refractivity contribution is 0.0971. The highest BCUT2D eigenvalue weighted by atomic mass is 32.2. The molecule has 0 radical (unpaired) electrons. The van der Waals surface area contributed by atoms with E-state index in [9.17, 15) is 30.8 Å². The van der Waals surface area contributed by atoms with Gasteiger partial charge in [-0.2, -0.15) is 0 Å². The zero-order valence-corrected chi connectivity index (χ0v) is 14.2. The van der Waals surface area contributed by atoms with Gasteiger partial charge in [-0.15, -0.1) is 0 Å². The quantitative estimate of drug-likeness (QED) is 0.313. The van der Waals surface area contributed by atoms with Crippen molar-refractivity contribution in [1.82, 2.24) is 5.32 Å². The molecule has 0 bridgehead atoms. The number of benzene rings is 2. The molecular formula is C14H9F4N3O3S2. The van der Waals surface area contributed by atoms with Gasteiger partial charge in [-0.05, 0) is 42.5 Å². The number of carbonyl (C=O) groups is 1. The number of thiocarbonyl (C=S) groups is 1. The van der Waals surface area contributed by atoms with Gasteiger partial charge in [-0.1, -0.05) is 0 Å². The average Bonchev–Trinajstić information content (AvgIpc) is 2.55. The molecule has 2 rings (SSSR count). The number of carbonyl (C=O) groups excluding carboxylic acids is 1. The van der Waals surface area contributed by atoms with Crippen LogP contribution in [0.25, 0.3) is 0 Å². The van der Waals surface area contributed by atoms with Gasteiger partial charge in [0, 0.05) is 5.69 Å². The van der Waals surface area contributed by atoms with E-state index in [-0.39, 0.29) is 21.8 Å². The number of anilines is 1. The summed E-state index contributed by atoms with van der Waals surface area (Å²) in [5.41, 5.74) is -0.852. The summed E-state index contributed by atoms with van der Waals surface area (Å²) in [6, 6.07) is 5.05. The maximum absolute atomic E-state index is 13.6. The lowest BCUT2D eigenvalue weighted by Gasteiger charge is -2.11. The molecule has 26 heavy (non-hydrogen) atoms. The Balaban J connectivity index is 2.12. The summed E-state index contributed by atoms with van der Waals surface area (Å²) in [5, 5.41) is 8.96. The zero-order chi connectivity index (χ0) is 19.6. The number of rotatable bonds is 3. The highest BCUT2D eigenvalue weighted by molar-refractivity contribution is 7.89. The Morgan fingerprint density at radius 1 is 1.00 bits per heavy atom. The molecule has 0 aliphatic rings. The maximum Gasteiger partial charge on any atom is 0.260 e. The predicted octanol–water partition coefficient (Wildman–Crippen LogP) is 2.02. The third-order valence-electron chi connectivity index (χ3n) is 3.02. The minimum absolute atomic E-state index is 0.169. The molecule has 0 unspecified atom stereocenters. The molecule has 138 valence electrons. The molecule has 0 aliphatic heterocycles. The van der Waals surface area contributed by atoms with Crippen LogP contribution in [0, 0.1) is 23.3 Å². The van der Waals surface area contributed by atoms with Gasteiger partial charge in [0.05, 0.1) is 10.5 Å². The standard InChI is InChI=1S/C14H9F4N3O3S2/c15-9-5-8(10(16)12(18)11(9)17)13(22)21-14(25)20-6-1-3-7(4-2-6)26(19,23)24/h1-5H,(H2,19,23,24)(H2,20,21,22,25). The molecule has 0 saturated carbocycles. The van der Waals surface area contributed by atoms with Crippen molar-refractivity contribution in [3.05, 3.63) is 59.2 Å². The van der Waals surface area contributed by atoms with Crippen LogP contribution < -0.4 is 15.8 Å². The lowest BCUT2D eigenvalue weighted by Crippen LogP contribution is -2.35. The molecule has 6 nitrogen and oxygen atoms in total. The molecule has 0 aromatic heterocycles. The first kappa shape index (κ1) is 19.8. The third kappa shape index (κ3) is 4.33. The zero-order valence-electron chi connectivity index (χ0n) is 12.5. The van der Waals surface area contributed by atoms with E-state index in [0.717, 1.165) is 12.1 Å². The van der Waals surface area contributed by atoms with Gasteiger partial charge in [0.2, 0.25) is 10.0 Å². The van der Waals surface area contributed by atoms with E-state index in [1.165, 1.54) is 12.1 Å². The van der Waals surface area contributed by atoms with Gasteiger partial charge in [0.25, 0.3) is 5.91 Å². The van der Waals surface area contributed by atoms with Crippen molar-refractivity contribution in [2.75, 3.05) is 5.32 Å². The summed E-state index contributed by atoms with van der Waals surface area (Å²) in [6.07, 6.45) is 0. The molecule has 0 fully saturated rings. The Kier molecular flexibility index (Phi) is 5.59. The molecular weight excluding hydrogens is 398 g/mol. The molecule has 0 spiro atoms. The topological polar surface area (TPSA) is 101 Å². The van der Waals surface area contributed by atoms with E-state index in [0.29, 0.717) is 0 Å². The molecule has 4 N–H and O–H groups in total. The van der Waals surface area contributed by atoms with Crippen LogP contribution in [-0.2, 0) is 10.0 Å². The van der Waals surface area contributed by atoms with Crippen LogP contribution >= 0.6 is 12.2 Å². The Morgan fingerprint density at radius 2 is 1.58 bits per heavy atom. The highest BCUT2D eigenvalue weighted by Crippen LogP contribution is 2.19. The number of halogens is 4. The molecule has 1 amide bonds. The number of amides is 1. The van der Waals surface area contributed by atoms with Crippen molar-refractivity contribution in [1.29, 1.82) is 0 Å². The predicted molar refractivity (Wildman–Crippen MR) is 87.8 cm³/mol. The number of sulfonamides is 1. The third-order valence-corrected chi connectivity index (χ3v) is 4.15. The first-order valence-corrected chi connectivity index (χ1v) is 8.54.